The van der Waals surface area contributed by atoms with Crippen LogP contribution in [0.3, 0.4) is 0 Å². The van der Waals surface area contributed by atoms with Crippen LogP contribution in [0.2, 0.25) is 0 Å². The van der Waals surface area contributed by atoms with E-state index in [9.17, 15) is 9.59 Å². The van der Waals surface area contributed by atoms with Gasteiger partial charge in [-0.25, -0.2) is 4.79 Å². The predicted octanol–water partition coefficient (Wildman–Crippen LogP) is 1.88. The number of likely N-dealkylation sites (N-methyl/N-ethyl adjacent to an activating group) is 1. The maximum atomic E-state index is 11.9. The van der Waals surface area contributed by atoms with Gasteiger partial charge in [0.25, 0.3) is 5.91 Å². The quantitative estimate of drug-likeness (QED) is 0.890. The highest BCUT2D eigenvalue weighted by atomic mass is 16.6. The van der Waals surface area contributed by atoms with Gasteiger partial charge in [0, 0.05) is 39.8 Å². The smallest absolute Gasteiger partial charge is 0.410 e. The summed E-state index contributed by atoms with van der Waals surface area (Å²) in [4.78, 5) is 27.1. The zero-order chi connectivity index (χ0) is 18.4. The summed E-state index contributed by atoms with van der Waals surface area (Å²) < 4.78 is 5.00. The second-order valence-corrected chi connectivity index (χ2v) is 6.49. The summed E-state index contributed by atoms with van der Waals surface area (Å²) in [5.74, 6) is -0.299. The molecule has 0 saturated carbocycles. The first kappa shape index (κ1) is 18.2. The number of hydrogen-bond acceptors (Lipinski definition) is 4. The SMILES string of the molecule is CNC(=O)COC(=O)N1CCN(CCc2ccc3ccccc3c2)CC1. The molecule has 2 aromatic rings. The number of amides is 2. The van der Waals surface area contributed by atoms with Crippen LogP contribution in [0.5, 0.6) is 0 Å². The maximum Gasteiger partial charge on any atom is 0.410 e. The zero-order valence-electron chi connectivity index (χ0n) is 15.1. The van der Waals surface area contributed by atoms with Crippen molar-refractivity contribution >= 4 is 22.8 Å². The van der Waals surface area contributed by atoms with Crippen LogP contribution in [0, 0.1) is 0 Å². The fourth-order valence-electron chi connectivity index (χ4n) is 3.13. The third kappa shape index (κ3) is 4.73. The first-order valence-corrected chi connectivity index (χ1v) is 8.98. The van der Waals surface area contributed by atoms with Gasteiger partial charge in [0.2, 0.25) is 0 Å². The average molecular weight is 355 g/mol. The number of benzene rings is 2. The van der Waals surface area contributed by atoms with Crippen LogP contribution in [0.1, 0.15) is 5.56 Å². The first-order valence-electron chi connectivity index (χ1n) is 8.98. The van der Waals surface area contributed by atoms with E-state index in [0.29, 0.717) is 13.1 Å². The summed E-state index contributed by atoms with van der Waals surface area (Å²) in [6.45, 7) is 3.65. The molecule has 1 heterocycles. The number of rotatable bonds is 5. The highest BCUT2D eigenvalue weighted by molar-refractivity contribution is 5.83. The minimum absolute atomic E-state index is 0.225. The molecule has 1 saturated heterocycles. The molecule has 0 radical (unpaired) electrons. The molecule has 26 heavy (non-hydrogen) atoms. The van der Waals surface area contributed by atoms with Gasteiger partial charge in [-0.1, -0.05) is 42.5 Å². The van der Waals surface area contributed by atoms with Crippen LogP contribution in [0.25, 0.3) is 10.8 Å². The maximum absolute atomic E-state index is 11.9. The molecule has 0 atom stereocenters. The van der Waals surface area contributed by atoms with Gasteiger partial charge in [0.15, 0.2) is 6.61 Å². The summed E-state index contributed by atoms with van der Waals surface area (Å²) in [5, 5.41) is 4.97. The Kier molecular flexibility index (Phi) is 6.07. The van der Waals surface area contributed by atoms with E-state index in [2.05, 4.69) is 52.7 Å². The Hall–Kier alpha value is -2.60. The summed E-state index contributed by atoms with van der Waals surface area (Å²) in [5.41, 5.74) is 1.33. The van der Waals surface area contributed by atoms with E-state index in [1.165, 1.54) is 23.4 Å². The molecule has 2 aromatic carbocycles. The lowest BCUT2D eigenvalue weighted by molar-refractivity contribution is -0.123. The number of ether oxygens (including phenoxy) is 1. The number of carbonyl (C=O) groups is 2. The molecule has 6 nitrogen and oxygen atoms in total. The van der Waals surface area contributed by atoms with E-state index in [0.717, 1.165) is 26.1 Å². The van der Waals surface area contributed by atoms with Gasteiger partial charge in [-0.2, -0.15) is 0 Å². The molecule has 1 fully saturated rings. The third-order valence-corrected chi connectivity index (χ3v) is 4.77. The number of fused-ring (bicyclic) bond motifs is 1. The molecule has 2 amide bonds. The van der Waals surface area contributed by atoms with E-state index in [4.69, 9.17) is 4.74 Å². The van der Waals surface area contributed by atoms with Gasteiger partial charge < -0.3 is 15.0 Å². The Morgan fingerprint density at radius 1 is 1.04 bits per heavy atom. The highest BCUT2D eigenvalue weighted by Gasteiger charge is 2.22. The molecule has 0 aromatic heterocycles. The fraction of sp³-hybridized carbons (Fsp3) is 0.400. The van der Waals surface area contributed by atoms with Crippen molar-refractivity contribution in [1.82, 2.24) is 15.1 Å². The van der Waals surface area contributed by atoms with Crippen molar-refractivity contribution in [3.63, 3.8) is 0 Å². The molecular weight excluding hydrogens is 330 g/mol. The van der Waals surface area contributed by atoms with Crippen LogP contribution in [0.4, 0.5) is 4.79 Å². The van der Waals surface area contributed by atoms with Crippen molar-refractivity contribution in [1.29, 1.82) is 0 Å². The highest BCUT2D eigenvalue weighted by Crippen LogP contribution is 2.16. The van der Waals surface area contributed by atoms with Gasteiger partial charge >= 0.3 is 6.09 Å². The first-order chi connectivity index (χ1) is 12.7. The van der Waals surface area contributed by atoms with E-state index in [1.54, 1.807) is 4.90 Å². The minimum atomic E-state index is -0.414. The summed E-state index contributed by atoms with van der Waals surface area (Å²) in [6, 6.07) is 15.0. The Bertz CT molecular complexity index is 770. The molecule has 6 heteroatoms. The molecule has 1 N–H and O–H groups in total. The summed E-state index contributed by atoms with van der Waals surface area (Å²) >= 11 is 0. The Labute approximate surface area is 153 Å². The Morgan fingerprint density at radius 3 is 2.50 bits per heavy atom. The molecule has 1 aliphatic rings. The Balaban J connectivity index is 1.43. The van der Waals surface area contributed by atoms with Crippen LogP contribution < -0.4 is 5.32 Å². The number of hydrogen-bond donors (Lipinski definition) is 1. The molecular formula is C20H25N3O3. The average Bonchev–Trinajstić information content (AvgIpc) is 2.70. The van der Waals surface area contributed by atoms with E-state index < -0.39 is 6.09 Å². The van der Waals surface area contributed by atoms with Crippen molar-refractivity contribution in [2.45, 2.75) is 6.42 Å². The lowest BCUT2D eigenvalue weighted by Gasteiger charge is -2.34. The predicted molar refractivity (Wildman–Crippen MR) is 101 cm³/mol. The number of carbonyl (C=O) groups excluding carboxylic acids is 2. The van der Waals surface area contributed by atoms with Crippen LogP contribution in [0.15, 0.2) is 42.5 Å². The second kappa shape index (κ2) is 8.67. The van der Waals surface area contributed by atoms with Gasteiger partial charge in [0.1, 0.15) is 0 Å². The lowest BCUT2D eigenvalue weighted by atomic mass is 10.0. The van der Waals surface area contributed by atoms with Gasteiger partial charge in [0.05, 0.1) is 0 Å². The largest absolute Gasteiger partial charge is 0.439 e. The lowest BCUT2D eigenvalue weighted by Crippen LogP contribution is -2.49. The standard InChI is InChI=1S/C20H25N3O3/c1-21-19(24)15-26-20(25)23-12-10-22(11-13-23)9-8-16-6-7-17-4-2-3-5-18(17)14-16/h2-7,14H,8-13,15H2,1H3,(H,21,24). The topological polar surface area (TPSA) is 61.9 Å². The molecule has 0 spiro atoms. The minimum Gasteiger partial charge on any atom is -0.439 e. The molecule has 1 aliphatic heterocycles. The summed E-state index contributed by atoms with van der Waals surface area (Å²) in [6.07, 6.45) is 0.578. The van der Waals surface area contributed by atoms with Crippen LogP contribution in [-0.4, -0.2) is 68.2 Å². The fourth-order valence-corrected chi connectivity index (χ4v) is 3.13. The van der Waals surface area contributed by atoms with Crippen molar-refractivity contribution in [3.05, 3.63) is 48.0 Å². The van der Waals surface area contributed by atoms with Crippen LogP contribution in [-0.2, 0) is 16.0 Å². The molecule has 138 valence electrons. The van der Waals surface area contributed by atoms with Gasteiger partial charge in [-0.05, 0) is 22.8 Å². The monoisotopic (exact) mass is 355 g/mol. The normalized spacial score (nSPS) is 15.0. The van der Waals surface area contributed by atoms with Crippen molar-refractivity contribution in [2.75, 3.05) is 46.4 Å². The van der Waals surface area contributed by atoms with Crippen molar-refractivity contribution in [2.24, 2.45) is 0 Å². The number of nitrogens with one attached hydrogen (secondary N) is 1. The number of nitrogens with zero attached hydrogens (tertiary/aromatic N) is 2. The molecule has 0 bridgehead atoms. The van der Waals surface area contributed by atoms with Crippen LogP contribution >= 0.6 is 0 Å². The molecule has 0 unspecified atom stereocenters. The summed E-state index contributed by atoms with van der Waals surface area (Å²) in [7, 11) is 1.52. The third-order valence-electron chi connectivity index (χ3n) is 4.77. The van der Waals surface area contributed by atoms with Gasteiger partial charge in [-0.15, -0.1) is 0 Å². The Morgan fingerprint density at radius 2 is 1.77 bits per heavy atom. The second-order valence-electron chi connectivity index (χ2n) is 6.49. The van der Waals surface area contributed by atoms with E-state index in [-0.39, 0.29) is 12.5 Å². The van der Waals surface area contributed by atoms with E-state index >= 15 is 0 Å². The molecule has 0 aliphatic carbocycles. The van der Waals surface area contributed by atoms with Crippen molar-refractivity contribution in [3.8, 4) is 0 Å². The van der Waals surface area contributed by atoms with Crippen molar-refractivity contribution < 1.29 is 14.3 Å². The van der Waals surface area contributed by atoms with Gasteiger partial charge in [-0.3, -0.25) is 9.69 Å². The molecule has 3 rings (SSSR count). The number of piperazine rings is 1. The zero-order valence-corrected chi connectivity index (χ0v) is 15.1. The van der Waals surface area contributed by atoms with E-state index in [1.807, 2.05) is 0 Å².